The molecule has 0 heterocycles. The maximum atomic E-state index is 12.2. The standard InChI is InChI=1S/C23H31NO6S/c1-4-6-15-22(25)29-23-20(13-8-14-21(23)28-5-2)24-16-9-11-18-10-7-12-19(17-18)30-31(3,26)27/h7-8,10,12-14,17,24H,4-6,9,11,15-16H2,1-3H3. The molecular formula is C23H31NO6S. The molecule has 7 nitrogen and oxygen atoms in total. The van der Waals surface area contributed by atoms with Gasteiger partial charge in [-0.05, 0) is 56.0 Å². The monoisotopic (exact) mass is 449 g/mol. The summed E-state index contributed by atoms with van der Waals surface area (Å²) in [6.07, 6.45) is 4.59. The number of carbonyl (C=O) groups excluding carboxylic acids is 1. The van der Waals surface area contributed by atoms with Gasteiger partial charge in [-0.3, -0.25) is 4.79 Å². The molecule has 1 N–H and O–H groups in total. The third kappa shape index (κ3) is 8.88. The first-order valence-electron chi connectivity index (χ1n) is 10.5. The molecule has 0 aliphatic heterocycles. The van der Waals surface area contributed by atoms with Crippen LogP contribution in [0.25, 0.3) is 0 Å². The molecule has 31 heavy (non-hydrogen) atoms. The van der Waals surface area contributed by atoms with Crippen molar-refractivity contribution in [2.45, 2.75) is 46.0 Å². The largest absolute Gasteiger partial charge is 0.490 e. The number of unbranched alkanes of at least 4 members (excludes halogenated alkanes) is 1. The van der Waals surface area contributed by atoms with E-state index >= 15 is 0 Å². The lowest BCUT2D eigenvalue weighted by atomic mass is 10.1. The summed E-state index contributed by atoms with van der Waals surface area (Å²) in [5.41, 5.74) is 1.67. The smallest absolute Gasteiger partial charge is 0.311 e. The summed E-state index contributed by atoms with van der Waals surface area (Å²) < 4.78 is 38.8. The highest BCUT2D eigenvalue weighted by Crippen LogP contribution is 2.36. The second kappa shape index (κ2) is 12.2. The summed E-state index contributed by atoms with van der Waals surface area (Å²) >= 11 is 0. The number of rotatable bonds is 13. The lowest BCUT2D eigenvalue weighted by Gasteiger charge is -2.16. The van der Waals surface area contributed by atoms with E-state index in [0.29, 0.717) is 42.5 Å². The Morgan fingerprint density at radius 2 is 1.84 bits per heavy atom. The summed E-state index contributed by atoms with van der Waals surface area (Å²) in [4.78, 5) is 12.2. The molecule has 0 radical (unpaired) electrons. The molecule has 2 aromatic rings. The molecule has 0 fully saturated rings. The van der Waals surface area contributed by atoms with Crippen molar-refractivity contribution in [2.24, 2.45) is 0 Å². The number of ether oxygens (including phenoxy) is 2. The molecule has 0 amide bonds. The fraction of sp³-hybridized carbons (Fsp3) is 0.435. The molecule has 0 atom stereocenters. The van der Waals surface area contributed by atoms with Crippen molar-refractivity contribution in [3.8, 4) is 17.2 Å². The summed E-state index contributed by atoms with van der Waals surface area (Å²) in [6.45, 7) is 5.00. The predicted octanol–water partition coefficient (Wildman–Crippen LogP) is 4.56. The minimum atomic E-state index is -3.55. The lowest BCUT2D eigenvalue weighted by Crippen LogP contribution is -2.12. The number of anilines is 1. The van der Waals surface area contributed by atoms with E-state index in [1.807, 2.05) is 32.0 Å². The van der Waals surface area contributed by atoms with Gasteiger partial charge in [0.15, 0.2) is 11.5 Å². The van der Waals surface area contributed by atoms with Crippen molar-refractivity contribution in [3.05, 3.63) is 48.0 Å². The van der Waals surface area contributed by atoms with Crippen molar-refractivity contribution in [1.82, 2.24) is 0 Å². The van der Waals surface area contributed by atoms with Crippen LogP contribution in [-0.4, -0.2) is 33.8 Å². The van der Waals surface area contributed by atoms with Gasteiger partial charge in [0.2, 0.25) is 0 Å². The minimum absolute atomic E-state index is 0.278. The lowest BCUT2D eigenvalue weighted by molar-refractivity contribution is -0.134. The SMILES string of the molecule is CCCCC(=O)Oc1c(NCCCc2cccc(OS(C)(=O)=O)c2)cccc1OCC. The maximum Gasteiger partial charge on any atom is 0.311 e. The number of esters is 1. The molecule has 0 aliphatic carbocycles. The first-order chi connectivity index (χ1) is 14.8. The number of aryl methyl sites for hydroxylation is 1. The Labute approximate surface area is 184 Å². The van der Waals surface area contributed by atoms with Crippen LogP contribution in [0.5, 0.6) is 17.2 Å². The first kappa shape index (κ1) is 24.5. The quantitative estimate of drug-likeness (QED) is 0.207. The van der Waals surface area contributed by atoms with Crippen LogP contribution >= 0.6 is 0 Å². The summed E-state index contributed by atoms with van der Waals surface area (Å²) in [5, 5.41) is 3.31. The molecule has 8 heteroatoms. The Morgan fingerprint density at radius 3 is 2.55 bits per heavy atom. The van der Waals surface area contributed by atoms with Crippen LogP contribution in [0.1, 0.15) is 45.1 Å². The van der Waals surface area contributed by atoms with Gasteiger partial charge in [0.25, 0.3) is 0 Å². The van der Waals surface area contributed by atoms with Crippen molar-refractivity contribution in [2.75, 3.05) is 24.7 Å². The van der Waals surface area contributed by atoms with Gasteiger partial charge in [-0.2, -0.15) is 8.42 Å². The summed E-state index contributed by atoms with van der Waals surface area (Å²) in [7, 11) is -3.55. The third-order valence-electron chi connectivity index (χ3n) is 4.33. The zero-order chi connectivity index (χ0) is 22.7. The third-order valence-corrected chi connectivity index (χ3v) is 4.83. The van der Waals surface area contributed by atoms with Crippen LogP contribution in [0.15, 0.2) is 42.5 Å². The fourth-order valence-corrected chi connectivity index (χ4v) is 3.41. The zero-order valence-corrected chi connectivity index (χ0v) is 19.2. The number of hydrogen-bond donors (Lipinski definition) is 1. The molecule has 0 saturated carbocycles. The predicted molar refractivity (Wildman–Crippen MR) is 121 cm³/mol. The van der Waals surface area contributed by atoms with Crippen molar-refractivity contribution < 1.29 is 26.9 Å². The van der Waals surface area contributed by atoms with Crippen molar-refractivity contribution >= 4 is 21.8 Å². The molecule has 170 valence electrons. The molecule has 2 rings (SSSR count). The molecule has 0 aromatic heterocycles. The maximum absolute atomic E-state index is 12.2. The minimum Gasteiger partial charge on any atom is -0.490 e. The van der Waals surface area contributed by atoms with Crippen LogP contribution in [0, 0.1) is 0 Å². The molecule has 0 unspecified atom stereocenters. The van der Waals surface area contributed by atoms with E-state index in [2.05, 4.69) is 5.32 Å². The van der Waals surface area contributed by atoms with E-state index in [4.69, 9.17) is 13.7 Å². The number of benzene rings is 2. The second-order valence-electron chi connectivity index (χ2n) is 7.11. The van der Waals surface area contributed by atoms with Crippen LogP contribution in [0.4, 0.5) is 5.69 Å². The van der Waals surface area contributed by atoms with Gasteiger partial charge in [-0.25, -0.2) is 0 Å². The van der Waals surface area contributed by atoms with Crippen molar-refractivity contribution in [1.29, 1.82) is 0 Å². The van der Waals surface area contributed by atoms with Gasteiger partial charge in [-0.1, -0.05) is 31.5 Å². The zero-order valence-electron chi connectivity index (χ0n) is 18.3. The van der Waals surface area contributed by atoms with E-state index < -0.39 is 10.1 Å². The highest BCUT2D eigenvalue weighted by molar-refractivity contribution is 7.86. The van der Waals surface area contributed by atoms with E-state index in [1.165, 1.54) is 0 Å². The molecular weight excluding hydrogens is 418 g/mol. The van der Waals surface area contributed by atoms with Gasteiger partial charge in [0, 0.05) is 13.0 Å². The fourth-order valence-electron chi connectivity index (χ4n) is 2.96. The van der Waals surface area contributed by atoms with E-state index in [-0.39, 0.29) is 5.97 Å². The van der Waals surface area contributed by atoms with Gasteiger partial charge in [0.05, 0.1) is 18.6 Å². The molecule has 2 aromatic carbocycles. The van der Waals surface area contributed by atoms with Crippen molar-refractivity contribution in [3.63, 3.8) is 0 Å². The summed E-state index contributed by atoms with van der Waals surface area (Å²) in [6, 6.07) is 12.5. The first-order valence-corrected chi connectivity index (χ1v) is 12.3. The molecule has 0 saturated heterocycles. The summed E-state index contributed by atoms with van der Waals surface area (Å²) in [5.74, 6) is 0.968. The normalized spacial score (nSPS) is 11.1. The van der Waals surface area contributed by atoms with Crippen LogP contribution in [-0.2, 0) is 21.3 Å². The van der Waals surface area contributed by atoms with Gasteiger partial charge >= 0.3 is 16.1 Å². The van der Waals surface area contributed by atoms with Gasteiger partial charge in [-0.15, -0.1) is 0 Å². The molecule has 0 aliphatic rings. The van der Waals surface area contributed by atoms with Gasteiger partial charge < -0.3 is 19.0 Å². The van der Waals surface area contributed by atoms with Crippen LogP contribution in [0.2, 0.25) is 0 Å². The average Bonchev–Trinajstić information content (AvgIpc) is 2.71. The van der Waals surface area contributed by atoms with E-state index in [1.54, 1.807) is 24.3 Å². The number of para-hydroxylation sites is 1. The van der Waals surface area contributed by atoms with Crippen LogP contribution in [0.3, 0.4) is 0 Å². The Hall–Kier alpha value is -2.74. The highest BCUT2D eigenvalue weighted by Gasteiger charge is 2.15. The average molecular weight is 450 g/mol. The van der Waals surface area contributed by atoms with E-state index in [9.17, 15) is 13.2 Å². The number of nitrogens with one attached hydrogen (secondary N) is 1. The Bertz CT molecular complexity index is 958. The Morgan fingerprint density at radius 1 is 1.06 bits per heavy atom. The highest BCUT2D eigenvalue weighted by atomic mass is 32.2. The van der Waals surface area contributed by atoms with Crippen LogP contribution < -0.4 is 19.0 Å². The molecule has 0 bridgehead atoms. The second-order valence-corrected chi connectivity index (χ2v) is 8.68. The van der Waals surface area contributed by atoms with Gasteiger partial charge in [0.1, 0.15) is 5.75 Å². The Balaban J connectivity index is 1.99. The topological polar surface area (TPSA) is 90.9 Å². The number of carbonyl (C=O) groups is 1. The van der Waals surface area contributed by atoms with E-state index in [0.717, 1.165) is 37.5 Å². The number of hydrogen-bond acceptors (Lipinski definition) is 7. The molecule has 0 spiro atoms. The Kier molecular flexibility index (Phi) is 9.65.